The zero-order valence-corrected chi connectivity index (χ0v) is 19.6. The zero-order valence-electron chi connectivity index (χ0n) is 18.0. The lowest BCUT2D eigenvalue weighted by atomic mass is 10.2. The summed E-state index contributed by atoms with van der Waals surface area (Å²) in [6, 6.07) is 1.89. The van der Waals surface area contributed by atoms with Crippen molar-refractivity contribution in [3.63, 3.8) is 0 Å². The predicted molar refractivity (Wildman–Crippen MR) is 123 cm³/mol. The molecule has 2 aliphatic heterocycles. The standard InChI is InChI=1S/C19H28N8O3S2/c1-26-7-6-15(25-26)17-22-24-19(27(17)11-14-5-3-9-30-14)32-12-16(28)21-23-18(31)20-10-13-4-2-8-29-13/h6-7,13-14H,2-5,8-12H2,1H3,(H,21,28)(H2,20,23,31). The topological polar surface area (TPSA) is 120 Å². The molecule has 0 radical (unpaired) electrons. The van der Waals surface area contributed by atoms with Gasteiger partial charge in [0.15, 0.2) is 16.1 Å². The first kappa shape index (κ1) is 23.0. The highest BCUT2D eigenvalue weighted by atomic mass is 32.2. The number of carbonyl (C=O) groups excluding carboxylic acids is 1. The molecule has 0 spiro atoms. The highest BCUT2D eigenvalue weighted by Gasteiger charge is 2.23. The number of thioether (sulfide) groups is 1. The van der Waals surface area contributed by atoms with Crippen molar-refractivity contribution >= 4 is 35.0 Å². The Kier molecular flexibility index (Phi) is 7.95. The van der Waals surface area contributed by atoms with E-state index in [2.05, 4.69) is 31.5 Å². The van der Waals surface area contributed by atoms with Crippen LogP contribution in [0.25, 0.3) is 11.5 Å². The summed E-state index contributed by atoms with van der Waals surface area (Å²) in [5.41, 5.74) is 6.07. The maximum absolute atomic E-state index is 12.3. The Hall–Kier alpha value is -2.22. The van der Waals surface area contributed by atoms with Crippen LogP contribution in [0.3, 0.4) is 0 Å². The molecular formula is C19H28N8O3S2. The van der Waals surface area contributed by atoms with Crippen LogP contribution < -0.4 is 16.2 Å². The summed E-state index contributed by atoms with van der Waals surface area (Å²) in [6.07, 6.45) is 6.27. The number of hydrogen-bond donors (Lipinski definition) is 3. The van der Waals surface area contributed by atoms with Crippen molar-refractivity contribution in [1.29, 1.82) is 0 Å². The Labute approximate surface area is 196 Å². The van der Waals surface area contributed by atoms with E-state index >= 15 is 0 Å². The first-order chi connectivity index (χ1) is 15.6. The third kappa shape index (κ3) is 6.18. The van der Waals surface area contributed by atoms with E-state index in [0.717, 1.165) is 44.6 Å². The van der Waals surface area contributed by atoms with Gasteiger partial charge in [0.05, 0.1) is 24.5 Å². The average Bonchev–Trinajstić information content (AvgIpc) is 3.58. The van der Waals surface area contributed by atoms with Crippen LogP contribution in [0.15, 0.2) is 17.4 Å². The third-order valence-electron chi connectivity index (χ3n) is 5.23. The quantitative estimate of drug-likeness (QED) is 0.282. The molecule has 174 valence electrons. The first-order valence-corrected chi connectivity index (χ1v) is 12.1. The lowest BCUT2D eigenvalue weighted by Gasteiger charge is -2.15. The van der Waals surface area contributed by atoms with Gasteiger partial charge in [0.1, 0.15) is 5.69 Å². The lowest BCUT2D eigenvalue weighted by molar-refractivity contribution is -0.119. The largest absolute Gasteiger partial charge is 0.376 e. The van der Waals surface area contributed by atoms with E-state index in [9.17, 15) is 4.79 Å². The van der Waals surface area contributed by atoms with Crippen molar-refractivity contribution in [1.82, 2.24) is 40.7 Å². The van der Waals surface area contributed by atoms with E-state index in [0.29, 0.717) is 29.2 Å². The molecule has 2 aromatic rings. The van der Waals surface area contributed by atoms with Crippen molar-refractivity contribution in [2.24, 2.45) is 7.05 Å². The van der Waals surface area contributed by atoms with Gasteiger partial charge in [-0.3, -0.25) is 24.9 Å². The summed E-state index contributed by atoms with van der Waals surface area (Å²) in [5.74, 6) is 0.608. The molecule has 1 amide bonds. The minimum absolute atomic E-state index is 0.107. The second-order valence-electron chi connectivity index (χ2n) is 7.73. The Morgan fingerprint density at radius 3 is 2.69 bits per heavy atom. The summed E-state index contributed by atoms with van der Waals surface area (Å²) >= 11 is 6.51. The summed E-state index contributed by atoms with van der Waals surface area (Å²) in [7, 11) is 1.86. The lowest BCUT2D eigenvalue weighted by Crippen LogP contribution is -2.48. The maximum Gasteiger partial charge on any atom is 0.248 e. The van der Waals surface area contributed by atoms with E-state index in [1.807, 2.05) is 23.9 Å². The van der Waals surface area contributed by atoms with Gasteiger partial charge in [-0.05, 0) is 44.0 Å². The summed E-state index contributed by atoms with van der Waals surface area (Å²) < 4.78 is 15.0. The Balaban J connectivity index is 1.30. The fourth-order valence-corrected chi connectivity index (χ4v) is 4.51. The second kappa shape index (κ2) is 11.1. The molecule has 0 saturated carbocycles. The third-order valence-corrected chi connectivity index (χ3v) is 6.45. The van der Waals surface area contributed by atoms with E-state index in [1.54, 1.807) is 4.68 Å². The Bertz CT molecular complexity index is 922. The van der Waals surface area contributed by atoms with Gasteiger partial charge in [0.2, 0.25) is 5.91 Å². The molecule has 2 fully saturated rings. The van der Waals surface area contributed by atoms with Gasteiger partial charge in [-0.2, -0.15) is 5.10 Å². The van der Waals surface area contributed by atoms with Crippen LogP contribution in [0.4, 0.5) is 0 Å². The fraction of sp³-hybridized carbons (Fsp3) is 0.632. The van der Waals surface area contributed by atoms with E-state index in [4.69, 9.17) is 21.7 Å². The second-order valence-corrected chi connectivity index (χ2v) is 9.08. The van der Waals surface area contributed by atoms with Crippen LogP contribution in [0, 0.1) is 0 Å². The molecular weight excluding hydrogens is 452 g/mol. The van der Waals surface area contributed by atoms with Gasteiger partial charge in [-0.1, -0.05) is 11.8 Å². The molecule has 0 aromatic carbocycles. The normalized spacial score (nSPS) is 20.4. The number of nitrogens with zero attached hydrogens (tertiary/aromatic N) is 5. The van der Waals surface area contributed by atoms with Crippen LogP contribution in [0.5, 0.6) is 0 Å². The van der Waals surface area contributed by atoms with E-state index < -0.39 is 0 Å². The van der Waals surface area contributed by atoms with Crippen molar-refractivity contribution in [3.8, 4) is 11.5 Å². The number of ether oxygens (including phenoxy) is 2. The Morgan fingerprint density at radius 2 is 2.00 bits per heavy atom. The number of amides is 1. The monoisotopic (exact) mass is 480 g/mol. The average molecular weight is 481 g/mol. The van der Waals surface area contributed by atoms with Gasteiger partial charge in [-0.25, -0.2) is 0 Å². The number of nitrogens with one attached hydrogen (secondary N) is 3. The molecule has 2 saturated heterocycles. The molecule has 11 nitrogen and oxygen atoms in total. The number of hydrogen-bond acceptors (Lipinski definition) is 8. The molecule has 32 heavy (non-hydrogen) atoms. The smallest absolute Gasteiger partial charge is 0.248 e. The van der Waals surface area contributed by atoms with Gasteiger partial charge in [0, 0.05) is 33.0 Å². The van der Waals surface area contributed by atoms with Crippen molar-refractivity contribution < 1.29 is 14.3 Å². The summed E-state index contributed by atoms with van der Waals surface area (Å²) in [4.78, 5) is 12.3. The Morgan fingerprint density at radius 1 is 1.22 bits per heavy atom. The molecule has 2 aromatic heterocycles. The summed E-state index contributed by atoms with van der Waals surface area (Å²) in [6.45, 7) is 2.81. The number of aromatic nitrogens is 5. The maximum atomic E-state index is 12.3. The number of thiocarbonyl (C=S) groups is 1. The fourth-order valence-electron chi connectivity index (χ4n) is 3.62. The molecule has 2 unspecified atom stereocenters. The molecule has 13 heteroatoms. The molecule has 3 N–H and O–H groups in total. The van der Waals surface area contributed by atoms with Crippen LogP contribution >= 0.6 is 24.0 Å². The highest BCUT2D eigenvalue weighted by Crippen LogP contribution is 2.25. The van der Waals surface area contributed by atoms with Crippen LogP contribution in [0.1, 0.15) is 25.7 Å². The molecule has 4 heterocycles. The number of rotatable bonds is 8. The van der Waals surface area contributed by atoms with E-state index in [1.165, 1.54) is 11.8 Å². The van der Waals surface area contributed by atoms with Gasteiger partial charge in [0.25, 0.3) is 0 Å². The SMILES string of the molecule is Cn1ccc(-c2nnc(SCC(=O)NNC(=S)NCC3CCCO3)n2CC2CCCO2)n1. The van der Waals surface area contributed by atoms with Crippen LogP contribution in [0.2, 0.25) is 0 Å². The van der Waals surface area contributed by atoms with Gasteiger partial charge >= 0.3 is 0 Å². The minimum Gasteiger partial charge on any atom is -0.376 e. The number of aryl methyl sites for hydroxylation is 1. The molecule has 0 bridgehead atoms. The van der Waals surface area contributed by atoms with Crippen LogP contribution in [-0.2, 0) is 27.9 Å². The van der Waals surface area contributed by atoms with Crippen molar-refractivity contribution in [2.45, 2.75) is 49.6 Å². The van der Waals surface area contributed by atoms with Crippen molar-refractivity contribution in [3.05, 3.63) is 12.3 Å². The van der Waals surface area contributed by atoms with Gasteiger partial charge in [-0.15, -0.1) is 10.2 Å². The highest BCUT2D eigenvalue weighted by molar-refractivity contribution is 7.99. The molecule has 4 rings (SSSR count). The zero-order chi connectivity index (χ0) is 22.3. The number of carbonyl (C=O) groups is 1. The van der Waals surface area contributed by atoms with Crippen LogP contribution in [-0.4, -0.2) is 73.3 Å². The molecule has 2 aliphatic rings. The van der Waals surface area contributed by atoms with E-state index in [-0.39, 0.29) is 23.9 Å². The van der Waals surface area contributed by atoms with Crippen molar-refractivity contribution in [2.75, 3.05) is 25.5 Å². The van der Waals surface area contributed by atoms with Gasteiger partial charge < -0.3 is 14.8 Å². The first-order valence-electron chi connectivity index (χ1n) is 10.7. The summed E-state index contributed by atoms with van der Waals surface area (Å²) in [5, 5.41) is 17.1. The number of hydrazine groups is 1. The predicted octanol–water partition coefficient (Wildman–Crippen LogP) is 0.624. The minimum atomic E-state index is -0.220. The molecule has 2 atom stereocenters. The molecule has 0 aliphatic carbocycles.